The van der Waals surface area contributed by atoms with Gasteiger partial charge < -0.3 is 20.6 Å². The summed E-state index contributed by atoms with van der Waals surface area (Å²) in [7, 11) is 0. The Hall–Kier alpha value is -3.86. The Kier molecular flexibility index (Phi) is 8.42. The van der Waals surface area contributed by atoms with Gasteiger partial charge >= 0.3 is 0 Å². The van der Waals surface area contributed by atoms with Crippen LogP contribution in [0.4, 0.5) is 11.4 Å². The van der Waals surface area contributed by atoms with Crippen LogP contribution in [0.1, 0.15) is 21.5 Å². The lowest BCUT2D eigenvalue weighted by atomic mass is 10.1. The third-order valence-electron chi connectivity index (χ3n) is 4.89. The van der Waals surface area contributed by atoms with Gasteiger partial charge in [0.2, 0.25) is 5.91 Å². The number of carbonyl (C=O) groups excluding carboxylic acids is 2. The van der Waals surface area contributed by atoms with Crippen molar-refractivity contribution < 1.29 is 14.7 Å². The highest BCUT2D eigenvalue weighted by molar-refractivity contribution is 6.30. The molecule has 0 aliphatic rings. The Morgan fingerprint density at radius 1 is 1.03 bits per heavy atom. The van der Waals surface area contributed by atoms with Crippen molar-refractivity contribution in [1.29, 1.82) is 5.26 Å². The highest BCUT2D eigenvalue weighted by Crippen LogP contribution is 2.19. The van der Waals surface area contributed by atoms with Crippen molar-refractivity contribution >= 4 is 34.8 Å². The molecule has 0 saturated carbocycles. The predicted octanol–water partition coefficient (Wildman–Crippen LogP) is 3.58. The zero-order valence-corrected chi connectivity index (χ0v) is 18.5. The monoisotopic (exact) mass is 462 g/mol. The minimum Gasteiger partial charge on any atom is -0.395 e. The molecular weight excluding hydrogens is 440 g/mol. The van der Waals surface area contributed by atoms with Gasteiger partial charge in [0.15, 0.2) is 0 Å². The molecule has 0 bridgehead atoms. The molecule has 0 saturated heterocycles. The second-order valence-corrected chi connectivity index (χ2v) is 7.57. The Morgan fingerprint density at radius 3 is 2.52 bits per heavy atom. The second-order valence-electron chi connectivity index (χ2n) is 7.13. The van der Waals surface area contributed by atoms with E-state index < -0.39 is 0 Å². The van der Waals surface area contributed by atoms with Crippen LogP contribution in [0.25, 0.3) is 0 Å². The van der Waals surface area contributed by atoms with Crippen molar-refractivity contribution in [2.45, 2.75) is 6.54 Å². The maximum Gasteiger partial charge on any atom is 0.251 e. The molecule has 0 heterocycles. The maximum atomic E-state index is 12.9. The molecular formula is C25H23ClN4O3. The summed E-state index contributed by atoms with van der Waals surface area (Å²) in [4.78, 5) is 26.8. The van der Waals surface area contributed by atoms with E-state index in [1.54, 1.807) is 54.6 Å². The molecule has 0 atom stereocenters. The van der Waals surface area contributed by atoms with Gasteiger partial charge in [0, 0.05) is 35.1 Å². The molecule has 0 aliphatic carbocycles. The number of rotatable bonds is 9. The summed E-state index contributed by atoms with van der Waals surface area (Å²) < 4.78 is 0. The summed E-state index contributed by atoms with van der Waals surface area (Å²) in [6.07, 6.45) is 0. The van der Waals surface area contributed by atoms with E-state index in [1.165, 1.54) is 4.90 Å². The van der Waals surface area contributed by atoms with Crippen LogP contribution in [-0.4, -0.2) is 36.6 Å². The van der Waals surface area contributed by atoms with Crippen molar-refractivity contribution in [3.05, 3.63) is 94.5 Å². The molecule has 0 spiro atoms. The smallest absolute Gasteiger partial charge is 0.251 e. The summed E-state index contributed by atoms with van der Waals surface area (Å²) in [6, 6.07) is 22.8. The number of amides is 2. The molecule has 3 N–H and O–H groups in total. The van der Waals surface area contributed by atoms with Gasteiger partial charge in [0.1, 0.15) is 0 Å². The van der Waals surface area contributed by atoms with Gasteiger partial charge in [0.05, 0.1) is 24.8 Å². The van der Waals surface area contributed by atoms with Gasteiger partial charge in [0.25, 0.3) is 5.91 Å². The van der Waals surface area contributed by atoms with Crippen molar-refractivity contribution in [3.63, 3.8) is 0 Å². The number of hydrogen-bond donors (Lipinski definition) is 3. The summed E-state index contributed by atoms with van der Waals surface area (Å²) in [5.74, 6) is -0.534. The van der Waals surface area contributed by atoms with E-state index >= 15 is 0 Å². The topological polar surface area (TPSA) is 105 Å². The van der Waals surface area contributed by atoms with Gasteiger partial charge in [-0.3, -0.25) is 9.59 Å². The number of carbonyl (C=O) groups is 2. The van der Waals surface area contributed by atoms with E-state index in [0.29, 0.717) is 33.1 Å². The highest BCUT2D eigenvalue weighted by Gasteiger charge is 2.16. The van der Waals surface area contributed by atoms with Crippen molar-refractivity contribution in [3.8, 4) is 6.07 Å². The van der Waals surface area contributed by atoms with E-state index in [9.17, 15) is 20.0 Å². The molecule has 0 radical (unpaired) electrons. The van der Waals surface area contributed by atoms with Crippen LogP contribution in [-0.2, 0) is 11.3 Å². The largest absolute Gasteiger partial charge is 0.395 e. The average Bonchev–Trinajstić information content (AvgIpc) is 2.85. The molecule has 3 aromatic rings. The fourth-order valence-electron chi connectivity index (χ4n) is 3.24. The van der Waals surface area contributed by atoms with Crippen LogP contribution < -0.4 is 15.5 Å². The molecule has 3 rings (SSSR count). The summed E-state index contributed by atoms with van der Waals surface area (Å²) in [6.45, 7) is 0.113. The number of aliphatic hydroxyl groups excluding tert-OH is 1. The van der Waals surface area contributed by atoms with E-state index in [1.807, 2.05) is 18.2 Å². The Bertz CT molecular complexity index is 1160. The third-order valence-corrected chi connectivity index (χ3v) is 5.12. The number of para-hydroxylation sites is 1. The number of halogens is 1. The van der Waals surface area contributed by atoms with Gasteiger partial charge in [-0.25, -0.2) is 0 Å². The van der Waals surface area contributed by atoms with Gasteiger partial charge in [-0.05, 0) is 48.0 Å². The number of anilines is 2. The SMILES string of the molecule is N#Cc1ccc(CNC(=O)c2cccc(Cl)c2)c(NCC(=O)N(CCO)c2ccccc2)c1. The second kappa shape index (κ2) is 11.7. The van der Waals surface area contributed by atoms with Crippen molar-refractivity contribution in [2.24, 2.45) is 0 Å². The average molecular weight is 463 g/mol. The van der Waals surface area contributed by atoms with E-state index in [-0.39, 0.29) is 38.1 Å². The fourth-order valence-corrected chi connectivity index (χ4v) is 3.43. The summed E-state index contributed by atoms with van der Waals surface area (Å²) in [5.41, 5.74) is 2.81. The van der Waals surface area contributed by atoms with Crippen LogP contribution >= 0.6 is 11.6 Å². The van der Waals surface area contributed by atoms with Crippen LogP contribution in [0.15, 0.2) is 72.8 Å². The predicted molar refractivity (Wildman–Crippen MR) is 128 cm³/mol. The Labute approximate surface area is 197 Å². The van der Waals surface area contributed by atoms with Crippen molar-refractivity contribution in [1.82, 2.24) is 5.32 Å². The normalized spacial score (nSPS) is 10.2. The highest BCUT2D eigenvalue weighted by atomic mass is 35.5. The number of aliphatic hydroxyl groups is 1. The first-order valence-corrected chi connectivity index (χ1v) is 10.7. The lowest BCUT2D eigenvalue weighted by Crippen LogP contribution is -2.37. The summed E-state index contributed by atoms with van der Waals surface area (Å²) in [5, 5.41) is 25.0. The molecule has 0 aromatic heterocycles. The first-order valence-electron chi connectivity index (χ1n) is 10.3. The fraction of sp³-hybridized carbons (Fsp3) is 0.160. The first kappa shape index (κ1) is 23.8. The number of nitriles is 1. The molecule has 0 unspecified atom stereocenters. The van der Waals surface area contributed by atoms with E-state index in [4.69, 9.17) is 11.6 Å². The molecule has 0 aliphatic heterocycles. The van der Waals surface area contributed by atoms with Crippen molar-refractivity contribution in [2.75, 3.05) is 29.9 Å². The number of hydrogen-bond acceptors (Lipinski definition) is 5. The van der Waals surface area contributed by atoms with E-state index in [0.717, 1.165) is 0 Å². The molecule has 168 valence electrons. The number of nitrogens with zero attached hydrogens (tertiary/aromatic N) is 2. The van der Waals surface area contributed by atoms with Crippen LogP contribution in [0.2, 0.25) is 5.02 Å². The maximum absolute atomic E-state index is 12.9. The standard InChI is InChI=1S/C25H23ClN4O3/c26-21-6-4-5-19(14-21)25(33)29-16-20-10-9-18(15-27)13-23(20)28-17-24(32)30(11-12-31)22-7-2-1-3-8-22/h1-10,13-14,28,31H,11-12,16-17H2,(H,29,33). The van der Waals surface area contributed by atoms with Gasteiger partial charge in [-0.2, -0.15) is 5.26 Å². The quantitative estimate of drug-likeness (QED) is 0.450. The lowest BCUT2D eigenvalue weighted by Gasteiger charge is -2.23. The first-order chi connectivity index (χ1) is 16.0. The molecule has 33 heavy (non-hydrogen) atoms. The Morgan fingerprint density at radius 2 is 1.82 bits per heavy atom. The number of benzene rings is 3. The molecule has 7 nitrogen and oxygen atoms in total. The number of nitrogens with one attached hydrogen (secondary N) is 2. The molecule has 0 fully saturated rings. The minimum absolute atomic E-state index is 0.0565. The Balaban J connectivity index is 1.72. The molecule has 2 amide bonds. The third kappa shape index (κ3) is 6.56. The zero-order valence-electron chi connectivity index (χ0n) is 17.8. The van der Waals surface area contributed by atoms with E-state index in [2.05, 4.69) is 16.7 Å². The van der Waals surface area contributed by atoms with Crippen LogP contribution in [0.5, 0.6) is 0 Å². The molecule has 3 aromatic carbocycles. The lowest BCUT2D eigenvalue weighted by molar-refractivity contribution is -0.117. The van der Waals surface area contributed by atoms with Crippen LogP contribution in [0.3, 0.4) is 0 Å². The molecule has 8 heteroatoms. The van der Waals surface area contributed by atoms with Crippen LogP contribution in [0, 0.1) is 11.3 Å². The minimum atomic E-state index is -0.290. The zero-order chi connectivity index (χ0) is 23.6. The summed E-state index contributed by atoms with van der Waals surface area (Å²) >= 11 is 5.96. The van der Waals surface area contributed by atoms with Gasteiger partial charge in [-0.15, -0.1) is 0 Å². The van der Waals surface area contributed by atoms with Gasteiger partial charge in [-0.1, -0.05) is 41.9 Å².